The van der Waals surface area contributed by atoms with Crippen LogP contribution in [0, 0.1) is 5.92 Å². The molecular weight excluding hydrogens is 452 g/mol. The van der Waals surface area contributed by atoms with Crippen LogP contribution in [-0.2, 0) is 22.1 Å². The third kappa shape index (κ3) is 5.35. The van der Waals surface area contributed by atoms with Crippen LogP contribution in [0.1, 0.15) is 56.7 Å². The fourth-order valence-electron chi connectivity index (χ4n) is 4.04. The lowest BCUT2D eigenvalue weighted by molar-refractivity contribution is -0.123. The van der Waals surface area contributed by atoms with Crippen molar-refractivity contribution in [2.45, 2.75) is 45.3 Å². The highest BCUT2D eigenvalue weighted by Gasteiger charge is 2.39. The minimum atomic E-state index is -0.264. The Morgan fingerprint density at radius 1 is 1.24 bits per heavy atom. The lowest BCUT2D eigenvalue weighted by Crippen LogP contribution is -2.43. The van der Waals surface area contributed by atoms with E-state index in [1.165, 1.54) is 0 Å². The van der Waals surface area contributed by atoms with Gasteiger partial charge >= 0.3 is 0 Å². The molecule has 1 aliphatic rings. The van der Waals surface area contributed by atoms with Crippen LogP contribution in [0.5, 0.6) is 11.5 Å². The number of nitrogens with one attached hydrogen (secondary N) is 1. The molecule has 0 radical (unpaired) electrons. The van der Waals surface area contributed by atoms with Gasteiger partial charge in [0.1, 0.15) is 12.4 Å². The van der Waals surface area contributed by atoms with Crippen molar-refractivity contribution in [3.05, 3.63) is 35.0 Å². The van der Waals surface area contributed by atoms with E-state index < -0.39 is 0 Å². The minimum Gasteiger partial charge on any atom is -0.493 e. The van der Waals surface area contributed by atoms with Crippen LogP contribution in [0.2, 0.25) is 0 Å². The Balaban J connectivity index is 2.14. The van der Waals surface area contributed by atoms with Gasteiger partial charge in [-0.1, -0.05) is 40.7 Å². The van der Waals surface area contributed by atoms with Crippen LogP contribution >= 0.6 is 11.8 Å². The molecule has 1 aliphatic heterocycles. The number of benzene rings is 1. The molecule has 9 heteroatoms. The lowest BCUT2D eigenvalue weighted by Gasteiger charge is -2.24. The number of hydrogen-bond acceptors (Lipinski definition) is 6. The summed E-state index contributed by atoms with van der Waals surface area (Å²) in [6, 6.07) is 5.83. The SMILES string of the molecule is COc1ccc([C@H]2SCC(=O)N(CC(=O)NCC(C)C)c3c2c(C(C)(C)C)nn3C)cc1OC. The highest BCUT2D eigenvalue weighted by atomic mass is 32.2. The highest BCUT2D eigenvalue weighted by Crippen LogP contribution is 2.48. The summed E-state index contributed by atoms with van der Waals surface area (Å²) in [6.45, 7) is 10.9. The number of nitrogens with zero attached hydrogens (tertiary/aromatic N) is 3. The zero-order valence-electron chi connectivity index (χ0n) is 21.4. The quantitative estimate of drug-likeness (QED) is 0.640. The van der Waals surface area contributed by atoms with Gasteiger partial charge in [0.05, 0.1) is 30.9 Å². The molecule has 0 fully saturated rings. The number of carbonyl (C=O) groups is 2. The maximum Gasteiger partial charge on any atom is 0.240 e. The van der Waals surface area contributed by atoms with Gasteiger partial charge in [-0.05, 0) is 23.6 Å². The van der Waals surface area contributed by atoms with Crippen LogP contribution in [0.15, 0.2) is 18.2 Å². The number of carbonyl (C=O) groups excluding carboxylic acids is 2. The number of anilines is 1. The molecule has 8 nitrogen and oxygen atoms in total. The number of methoxy groups -OCH3 is 2. The van der Waals surface area contributed by atoms with Gasteiger partial charge in [-0.25, -0.2) is 0 Å². The standard InChI is InChI=1S/C25H36N4O4S/c1-15(2)12-26-19(30)13-29-20(31)14-34-22(16-9-10-17(32-7)18(11-16)33-8)21-23(25(3,4)5)27-28(6)24(21)29/h9-11,15,22H,12-14H2,1-8H3,(H,26,30)/t22-/m1/s1. The second kappa shape index (κ2) is 10.3. The van der Waals surface area contributed by atoms with Crippen molar-refractivity contribution >= 4 is 29.4 Å². The van der Waals surface area contributed by atoms with Crippen molar-refractivity contribution in [3.63, 3.8) is 0 Å². The molecular formula is C25H36N4O4S. The van der Waals surface area contributed by atoms with Gasteiger partial charge < -0.3 is 14.8 Å². The van der Waals surface area contributed by atoms with Crippen molar-refractivity contribution in [2.24, 2.45) is 13.0 Å². The first-order valence-electron chi connectivity index (χ1n) is 11.5. The molecule has 3 rings (SSSR count). The van der Waals surface area contributed by atoms with E-state index in [-0.39, 0.29) is 34.8 Å². The van der Waals surface area contributed by atoms with Crippen LogP contribution in [0.25, 0.3) is 0 Å². The van der Waals surface area contributed by atoms with Gasteiger partial charge in [0.25, 0.3) is 0 Å². The van der Waals surface area contributed by atoms with E-state index in [9.17, 15) is 9.59 Å². The Morgan fingerprint density at radius 2 is 1.91 bits per heavy atom. The van der Waals surface area contributed by atoms with Crippen LogP contribution in [0.4, 0.5) is 5.82 Å². The number of aryl methyl sites for hydroxylation is 1. The zero-order valence-corrected chi connectivity index (χ0v) is 22.2. The molecule has 0 spiro atoms. The molecule has 1 aromatic heterocycles. The molecule has 2 heterocycles. The number of thioether (sulfide) groups is 1. The zero-order chi connectivity index (χ0) is 25.2. The lowest BCUT2D eigenvalue weighted by atomic mass is 9.87. The summed E-state index contributed by atoms with van der Waals surface area (Å²) >= 11 is 1.54. The Morgan fingerprint density at radius 3 is 2.50 bits per heavy atom. The third-order valence-corrected chi connectivity index (χ3v) is 6.93. The molecule has 1 aromatic carbocycles. The average Bonchev–Trinajstić information content (AvgIpc) is 3.05. The number of ether oxygens (including phenoxy) is 2. The third-order valence-electron chi connectivity index (χ3n) is 5.67. The van der Waals surface area contributed by atoms with E-state index in [0.29, 0.717) is 29.8 Å². The molecule has 2 amide bonds. The summed E-state index contributed by atoms with van der Waals surface area (Å²) in [6.07, 6.45) is 0. The van der Waals surface area contributed by atoms with E-state index in [1.807, 2.05) is 39.1 Å². The predicted octanol–water partition coefficient (Wildman–Crippen LogP) is 3.68. The first-order valence-corrected chi connectivity index (χ1v) is 12.5. The molecule has 0 bridgehead atoms. The van der Waals surface area contributed by atoms with Crippen LogP contribution < -0.4 is 19.7 Å². The van der Waals surface area contributed by atoms with Gasteiger partial charge in [0, 0.05) is 24.6 Å². The molecule has 0 saturated heterocycles. The van der Waals surface area contributed by atoms with E-state index >= 15 is 0 Å². The highest BCUT2D eigenvalue weighted by molar-refractivity contribution is 8.00. The smallest absolute Gasteiger partial charge is 0.240 e. The maximum atomic E-state index is 13.3. The summed E-state index contributed by atoms with van der Waals surface area (Å²) in [7, 11) is 5.05. The number of fused-ring (bicyclic) bond motifs is 1. The molecule has 186 valence electrons. The van der Waals surface area contributed by atoms with E-state index in [1.54, 1.807) is 35.6 Å². The van der Waals surface area contributed by atoms with Crippen molar-refractivity contribution in [3.8, 4) is 11.5 Å². The Labute approximate surface area is 206 Å². The molecule has 0 saturated carbocycles. The van der Waals surface area contributed by atoms with Gasteiger partial charge in [-0.2, -0.15) is 5.10 Å². The summed E-state index contributed by atoms with van der Waals surface area (Å²) in [4.78, 5) is 27.6. The Bertz CT molecular complexity index is 1060. The predicted molar refractivity (Wildman–Crippen MR) is 136 cm³/mol. The average molecular weight is 489 g/mol. The van der Waals surface area contributed by atoms with Gasteiger partial charge in [0.2, 0.25) is 11.8 Å². The number of hydrogen-bond donors (Lipinski definition) is 1. The number of aromatic nitrogens is 2. The minimum absolute atomic E-state index is 0.0408. The normalized spacial score (nSPS) is 16.3. The molecule has 2 aromatic rings. The summed E-state index contributed by atoms with van der Waals surface area (Å²) in [5, 5.41) is 7.61. The fraction of sp³-hybridized carbons (Fsp3) is 0.560. The summed E-state index contributed by atoms with van der Waals surface area (Å²) in [5.41, 5.74) is 2.58. The molecule has 0 aliphatic carbocycles. The van der Waals surface area contributed by atoms with E-state index in [4.69, 9.17) is 14.6 Å². The van der Waals surface area contributed by atoms with Crippen molar-refractivity contribution in [1.82, 2.24) is 15.1 Å². The van der Waals surface area contributed by atoms with Gasteiger partial charge in [-0.15, -0.1) is 11.8 Å². The van der Waals surface area contributed by atoms with Crippen LogP contribution in [-0.4, -0.2) is 54.7 Å². The fourth-order valence-corrected chi connectivity index (χ4v) is 5.23. The van der Waals surface area contributed by atoms with Gasteiger partial charge in [0.15, 0.2) is 11.5 Å². The second-order valence-electron chi connectivity index (χ2n) is 9.94. The topological polar surface area (TPSA) is 85.7 Å². The molecule has 1 N–H and O–H groups in total. The Kier molecular flexibility index (Phi) is 7.85. The number of rotatable bonds is 7. The number of amides is 2. The first-order chi connectivity index (χ1) is 16.0. The first kappa shape index (κ1) is 25.9. The van der Waals surface area contributed by atoms with Crippen LogP contribution in [0.3, 0.4) is 0 Å². The van der Waals surface area contributed by atoms with E-state index in [0.717, 1.165) is 16.8 Å². The summed E-state index contributed by atoms with van der Waals surface area (Å²) in [5.74, 6) is 2.22. The maximum absolute atomic E-state index is 13.3. The van der Waals surface area contributed by atoms with E-state index in [2.05, 4.69) is 26.1 Å². The molecule has 0 unspecified atom stereocenters. The molecule has 1 atom stereocenters. The van der Waals surface area contributed by atoms with Crippen molar-refractivity contribution < 1.29 is 19.1 Å². The monoisotopic (exact) mass is 488 g/mol. The van der Waals surface area contributed by atoms with Crippen molar-refractivity contribution in [1.29, 1.82) is 0 Å². The van der Waals surface area contributed by atoms with Gasteiger partial charge in [-0.3, -0.25) is 19.2 Å². The summed E-state index contributed by atoms with van der Waals surface area (Å²) < 4.78 is 12.7. The largest absolute Gasteiger partial charge is 0.493 e. The second-order valence-corrected chi connectivity index (χ2v) is 11.0. The van der Waals surface area contributed by atoms with Crippen molar-refractivity contribution in [2.75, 3.05) is 38.0 Å². The Hall–Kier alpha value is -2.68. The molecule has 34 heavy (non-hydrogen) atoms.